The predicted octanol–water partition coefficient (Wildman–Crippen LogP) is 2.65. The van der Waals surface area contributed by atoms with E-state index >= 15 is 0 Å². The smallest absolute Gasteiger partial charge is 0.157 e. The van der Waals surface area contributed by atoms with E-state index < -0.39 is 0 Å². The topological polar surface area (TPSA) is 42.7 Å². The van der Waals surface area contributed by atoms with E-state index in [1.807, 2.05) is 12.4 Å². The Morgan fingerprint density at radius 2 is 2.16 bits per heavy atom. The Morgan fingerprint density at radius 3 is 2.89 bits per heavy atom. The summed E-state index contributed by atoms with van der Waals surface area (Å²) in [6.45, 7) is 3.19. The van der Waals surface area contributed by atoms with Crippen LogP contribution in [0.5, 0.6) is 0 Å². The normalized spacial score (nSPS) is 20.9. The maximum Gasteiger partial charge on any atom is 0.157 e. The van der Waals surface area contributed by atoms with Gasteiger partial charge in [0.05, 0.1) is 12.2 Å². The zero-order chi connectivity index (χ0) is 12.8. The molecule has 0 aliphatic heterocycles. The summed E-state index contributed by atoms with van der Waals surface area (Å²) in [4.78, 5) is 4.63. The van der Waals surface area contributed by atoms with Crippen molar-refractivity contribution in [1.29, 1.82) is 0 Å². The van der Waals surface area contributed by atoms with Crippen LogP contribution in [0.2, 0.25) is 0 Å². The fourth-order valence-electron chi connectivity index (χ4n) is 2.71. The lowest BCUT2D eigenvalue weighted by Crippen LogP contribution is -2.15. The van der Waals surface area contributed by atoms with Crippen LogP contribution >= 0.6 is 0 Å². The summed E-state index contributed by atoms with van der Waals surface area (Å²) in [5.74, 6) is 0.807. The van der Waals surface area contributed by atoms with E-state index in [1.165, 1.54) is 36.6 Å². The van der Waals surface area contributed by atoms with Crippen molar-refractivity contribution >= 4 is 11.0 Å². The molecule has 2 aromatic rings. The van der Waals surface area contributed by atoms with E-state index in [-0.39, 0.29) is 0 Å². The average molecular weight is 256 g/mol. The Bertz CT molecular complexity index is 595. The van der Waals surface area contributed by atoms with Crippen LogP contribution in [0.4, 0.5) is 0 Å². The van der Waals surface area contributed by atoms with Gasteiger partial charge in [-0.2, -0.15) is 5.10 Å². The lowest BCUT2D eigenvalue weighted by atomic mass is 10.2. The van der Waals surface area contributed by atoms with Gasteiger partial charge in [-0.25, -0.2) is 9.67 Å². The van der Waals surface area contributed by atoms with Crippen LogP contribution in [0, 0.1) is 5.92 Å². The zero-order valence-corrected chi connectivity index (χ0v) is 11.3. The Labute approximate surface area is 113 Å². The number of hydrogen-bond acceptors (Lipinski definition) is 3. The van der Waals surface area contributed by atoms with E-state index in [2.05, 4.69) is 33.1 Å². The van der Waals surface area contributed by atoms with Gasteiger partial charge in [0, 0.05) is 24.2 Å². The molecule has 4 nitrogen and oxygen atoms in total. The van der Waals surface area contributed by atoms with Gasteiger partial charge < -0.3 is 5.32 Å². The van der Waals surface area contributed by atoms with Crippen molar-refractivity contribution in [2.45, 2.75) is 51.2 Å². The van der Waals surface area contributed by atoms with Gasteiger partial charge in [-0.1, -0.05) is 0 Å². The van der Waals surface area contributed by atoms with Crippen molar-refractivity contribution in [3.05, 3.63) is 24.0 Å². The third-order valence-corrected chi connectivity index (χ3v) is 4.35. The molecule has 2 saturated carbocycles. The van der Waals surface area contributed by atoms with Crippen LogP contribution in [0.1, 0.15) is 44.2 Å². The Morgan fingerprint density at radius 1 is 1.32 bits per heavy atom. The second-order valence-electron chi connectivity index (χ2n) is 6.08. The second kappa shape index (κ2) is 4.30. The maximum absolute atomic E-state index is 4.63. The van der Waals surface area contributed by atoms with E-state index in [1.54, 1.807) is 0 Å². The minimum Gasteiger partial charge on any atom is -0.310 e. The molecule has 4 rings (SSSR count). The average Bonchev–Trinajstić information content (AvgIpc) is 3.32. The van der Waals surface area contributed by atoms with Gasteiger partial charge in [0.2, 0.25) is 0 Å². The van der Waals surface area contributed by atoms with E-state index in [9.17, 15) is 0 Å². The molecule has 0 saturated heterocycles. The standard InChI is InChI=1S/C15H20N4/c1-10(12-2-3-12)19-15-13(9-18-19)6-11(8-17-15)7-16-14-4-5-14/h6,8-10,12,14,16H,2-5,7H2,1H3. The molecule has 2 aliphatic carbocycles. The molecule has 1 unspecified atom stereocenters. The van der Waals surface area contributed by atoms with Crippen molar-refractivity contribution in [3.63, 3.8) is 0 Å². The predicted molar refractivity (Wildman–Crippen MR) is 74.8 cm³/mol. The molecule has 2 aromatic heterocycles. The molecule has 4 heteroatoms. The molecule has 1 atom stereocenters. The highest BCUT2D eigenvalue weighted by atomic mass is 15.3. The first kappa shape index (κ1) is 11.4. The summed E-state index contributed by atoms with van der Waals surface area (Å²) in [5, 5.41) is 9.24. The van der Waals surface area contributed by atoms with Crippen molar-refractivity contribution in [2.75, 3.05) is 0 Å². The summed E-state index contributed by atoms with van der Waals surface area (Å²) in [5.41, 5.74) is 2.30. The minimum absolute atomic E-state index is 0.487. The van der Waals surface area contributed by atoms with Crippen LogP contribution in [-0.2, 0) is 6.54 Å². The molecule has 0 amide bonds. The zero-order valence-electron chi connectivity index (χ0n) is 11.3. The molecule has 0 spiro atoms. The van der Waals surface area contributed by atoms with Gasteiger partial charge >= 0.3 is 0 Å². The second-order valence-corrected chi connectivity index (χ2v) is 6.08. The third-order valence-electron chi connectivity index (χ3n) is 4.35. The van der Waals surface area contributed by atoms with E-state index in [0.29, 0.717) is 6.04 Å². The number of pyridine rings is 1. The lowest BCUT2D eigenvalue weighted by molar-refractivity contribution is 0.450. The van der Waals surface area contributed by atoms with Crippen molar-refractivity contribution in [2.24, 2.45) is 5.92 Å². The molecule has 2 aliphatic rings. The number of rotatable bonds is 5. The molecular formula is C15H20N4. The quantitative estimate of drug-likeness (QED) is 0.894. The first-order valence-electron chi connectivity index (χ1n) is 7.37. The van der Waals surface area contributed by atoms with Crippen LogP contribution in [0.15, 0.2) is 18.5 Å². The van der Waals surface area contributed by atoms with E-state index in [4.69, 9.17) is 0 Å². The Hall–Kier alpha value is -1.42. The SMILES string of the molecule is CC(C1CC1)n1ncc2cc(CNC3CC3)cnc21. The van der Waals surface area contributed by atoms with Crippen molar-refractivity contribution < 1.29 is 0 Å². The van der Waals surface area contributed by atoms with Crippen LogP contribution in [0.3, 0.4) is 0 Å². The number of nitrogens with zero attached hydrogens (tertiary/aromatic N) is 3. The molecule has 2 fully saturated rings. The summed E-state index contributed by atoms with van der Waals surface area (Å²) in [7, 11) is 0. The summed E-state index contributed by atoms with van der Waals surface area (Å²) >= 11 is 0. The van der Waals surface area contributed by atoms with Gasteiger partial charge in [0.15, 0.2) is 5.65 Å². The van der Waals surface area contributed by atoms with Crippen molar-refractivity contribution in [3.8, 4) is 0 Å². The highest BCUT2D eigenvalue weighted by Gasteiger charge is 2.30. The number of nitrogens with one attached hydrogen (secondary N) is 1. The first-order chi connectivity index (χ1) is 9.31. The third kappa shape index (κ3) is 2.25. The number of fused-ring (bicyclic) bond motifs is 1. The molecule has 0 aromatic carbocycles. The van der Waals surface area contributed by atoms with Gasteiger partial charge in [0.25, 0.3) is 0 Å². The molecular weight excluding hydrogens is 236 g/mol. The van der Waals surface area contributed by atoms with Gasteiger partial charge in [-0.15, -0.1) is 0 Å². The molecule has 0 bridgehead atoms. The van der Waals surface area contributed by atoms with Gasteiger partial charge in [-0.05, 0) is 50.2 Å². The first-order valence-corrected chi connectivity index (χ1v) is 7.37. The van der Waals surface area contributed by atoms with Gasteiger partial charge in [-0.3, -0.25) is 0 Å². The van der Waals surface area contributed by atoms with Crippen LogP contribution < -0.4 is 5.32 Å². The Kier molecular flexibility index (Phi) is 2.58. The van der Waals surface area contributed by atoms with Crippen LogP contribution in [0.25, 0.3) is 11.0 Å². The molecule has 2 heterocycles. The highest BCUT2D eigenvalue weighted by molar-refractivity contribution is 5.75. The van der Waals surface area contributed by atoms with Crippen LogP contribution in [-0.4, -0.2) is 20.8 Å². The molecule has 0 radical (unpaired) electrons. The molecule has 100 valence electrons. The number of aromatic nitrogens is 3. The summed E-state index contributed by atoms with van der Waals surface area (Å²) < 4.78 is 2.10. The number of hydrogen-bond donors (Lipinski definition) is 1. The highest BCUT2D eigenvalue weighted by Crippen LogP contribution is 2.39. The largest absolute Gasteiger partial charge is 0.310 e. The summed E-state index contributed by atoms with van der Waals surface area (Å²) in [6.07, 6.45) is 9.29. The summed E-state index contributed by atoms with van der Waals surface area (Å²) in [6, 6.07) is 3.45. The molecule has 19 heavy (non-hydrogen) atoms. The maximum atomic E-state index is 4.63. The Balaban J connectivity index is 1.59. The molecule has 1 N–H and O–H groups in total. The fraction of sp³-hybridized carbons (Fsp3) is 0.600. The van der Waals surface area contributed by atoms with Gasteiger partial charge in [0.1, 0.15) is 0 Å². The monoisotopic (exact) mass is 256 g/mol. The lowest BCUT2D eigenvalue weighted by Gasteiger charge is -2.11. The minimum atomic E-state index is 0.487. The van der Waals surface area contributed by atoms with E-state index in [0.717, 1.165) is 24.2 Å². The van der Waals surface area contributed by atoms with Crippen molar-refractivity contribution in [1.82, 2.24) is 20.1 Å². The fourth-order valence-corrected chi connectivity index (χ4v) is 2.71.